The Bertz CT molecular complexity index is 710. The van der Waals surface area contributed by atoms with Crippen LogP contribution in [0.2, 0.25) is 0 Å². The van der Waals surface area contributed by atoms with Crippen LogP contribution in [0.4, 0.5) is 0 Å². The van der Waals surface area contributed by atoms with Crippen LogP contribution >= 0.6 is 0 Å². The van der Waals surface area contributed by atoms with Crippen molar-refractivity contribution in [1.82, 2.24) is 5.01 Å². The van der Waals surface area contributed by atoms with Crippen molar-refractivity contribution in [2.75, 3.05) is 7.11 Å². The van der Waals surface area contributed by atoms with Gasteiger partial charge < -0.3 is 4.74 Å². The first kappa shape index (κ1) is 14.3. The summed E-state index contributed by atoms with van der Waals surface area (Å²) in [5.74, 6) is 0.720. The monoisotopic (exact) mass is 294 g/mol. The van der Waals surface area contributed by atoms with E-state index >= 15 is 0 Å². The molecule has 0 bridgehead atoms. The van der Waals surface area contributed by atoms with Crippen molar-refractivity contribution in [2.45, 2.75) is 19.4 Å². The van der Waals surface area contributed by atoms with E-state index in [9.17, 15) is 4.79 Å². The number of hydrogen-bond donors (Lipinski definition) is 0. The van der Waals surface area contributed by atoms with Crippen LogP contribution in [-0.2, 0) is 4.79 Å². The number of ether oxygens (including phenoxy) is 1. The number of hydrogen-bond acceptors (Lipinski definition) is 3. The summed E-state index contributed by atoms with van der Waals surface area (Å²) in [7, 11) is 1.64. The van der Waals surface area contributed by atoms with Gasteiger partial charge in [0.05, 0.1) is 18.9 Å². The second-order valence-electron chi connectivity index (χ2n) is 5.24. The summed E-state index contributed by atoms with van der Waals surface area (Å²) in [5.41, 5.74) is 2.91. The molecule has 0 saturated carbocycles. The summed E-state index contributed by atoms with van der Waals surface area (Å²) in [6, 6.07) is 17.7. The van der Waals surface area contributed by atoms with E-state index in [1.807, 2.05) is 54.6 Å². The summed E-state index contributed by atoms with van der Waals surface area (Å²) in [6.07, 6.45) is 0.684. The summed E-state index contributed by atoms with van der Waals surface area (Å²) >= 11 is 0. The number of carbonyl (C=O) groups is 1. The first-order valence-electron chi connectivity index (χ1n) is 7.26. The number of nitrogens with zero attached hydrogens (tertiary/aromatic N) is 2. The Balaban J connectivity index is 1.98. The van der Waals surface area contributed by atoms with Gasteiger partial charge in [-0.3, -0.25) is 4.79 Å². The molecular weight excluding hydrogens is 276 g/mol. The molecule has 112 valence electrons. The molecule has 0 aliphatic carbocycles. The predicted molar refractivity (Wildman–Crippen MR) is 85.9 cm³/mol. The van der Waals surface area contributed by atoms with Crippen LogP contribution in [0.15, 0.2) is 59.7 Å². The maximum atomic E-state index is 11.9. The highest BCUT2D eigenvalue weighted by molar-refractivity contribution is 6.05. The smallest absolute Gasteiger partial charge is 0.240 e. The minimum absolute atomic E-state index is 0.0567. The molecule has 1 amide bonds. The summed E-state index contributed by atoms with van der Waals surface area (Å²) in [6.45, 7) is 1.55. The fourth-order valence-electron chi connectivity index (χ4n) is 2.78. The highest BCUT2D eigenvalue weighted by atomic mass is 16.5. The van der Waals surface area contributed by atoms with Gasteiger partial charge in [0.1, 0.15) is 5.75 Å². The molecular formula is C18H18N2O2. The second-order valence-corrected chi connectivity index (χ2v) is 5.24. The maximum Gasteiger partial charge on any atom is 0.240 e. The molecule has 1 heterocycles. The van der Waals surface area contributed by atoms with E-state index in [1.54, 1.807) is 19.0 Å². The molecule has 2 aromatic carbocycles. The molecule has 4 nitrogen and oxygen atoms in total. The fourth-order valence-corrected chi connectivity index (χ4v) is 2.78. The maximum absolute atomic E-state index is 11.9. The van der Waals surface area contributed by atoms with Crippen LogP contribution in [-0.4, -0.2) is 23.7 Å². The molecule has 0 radical (unpaired) electrons. The molecule has 2 aromatic rings. The van der Waals surface area contributed by atoms with E-state index in [1.165, 1.54) is 0 Å². The minimum atomic E-state index is -0.0568. The zero-order chi connectivity index (χ0) is 15.5. The second kappa shape index (κ2) is 6.02. The van der Waals surface area contributed by atoms with Crippen LogP contribution in [0.5, 0.6) is 5.75 Å². The third kappa shape index (κ3) is 2.60. The van der Waals surface area contributed by atoms with E-state index < -0.39 is 0 Å². The van der Waals surface area contributed by atoms with Gasteiger partial charge >= 0.3 is 0 Å². The van der Waals surface area contributed by atoms with Gasteiger partial charge in [0, 0.05) is 18.9 Å². The van der Waals surface area contributed by atoms with Crippen molar-refractivity contribution in [2.24, 2.45) is 5.10 Å². The third-order valence-corrected chi connectivity index (χ3v) is 3.84. The van der Waals surface area contributed by atoms with Crippen LogP contribution in [0.1, 0.15) is 30.5 Å². The SMILES string of the molecule is COc1ccccc1C1=NN(C(C)=O)[C@H](c2ccccc2)C1. The van der Waals surface area contributed by atoms with E-state index in [0.717, 1.165) is 22.6 Å². The normalized spacial score (nSPS) is 17.3. The molecule has 1 aliphatic heterocycles. The molecule has 3 rings (SSSR count). The first-order chi connectivity index (χ1) is 10.7. The molecule has 1 atom stereocenters. The van der Waals surface area contributed by atoms with E-state index in [4.69, 9.17) is 4.74 Å². The van der Waals surface area contributed by atoms with Crippen molar-refractivity contribution in [3.63, 3.8) is 0 Å². The number of hydrazone groups is 1. The Morgan fingerprint density at radius 3 is 2.50 bits per heavy atom. The molecule has 0 fully saturated rings. The van der Waals surface area contributed by atoms with Gasteiger partial charge in [0.15, 0.2) is 0 Å². The summed E-state index contributed by atoms with van der Waals surface area (Å²) < 4.78 is 5.41. The molecule has 1 aliphatic rings. The predicted octanol–water partition coefficient (Wildman–Crippen LogP) is 3.39. The Hall–Kier alpha value is -2.62. The van der Waals surface area contributed by atoms with E-state index in [0.29, 0.717) is 6.42 Å². The summed E-state index contributed by atoms with van der Waals surface area (Å²) in [4.78, 5) is 11.9. The number of carbonyl (C=O) groups excluding carboxylic acids is 1. The molecule has 0 aromatic heterocycles. The molecule has 0 saturated heterocycles. The van der Waals surface area contributed by atoms with Crippen molar-refractivity contribution in [3.8, 4) is 5.75 Å². The third-order valence-electron chi connectivity index (χ3n) is 3.84. The minimum Gasteiger partial charge on any atom is -0.496 e. The van der Waals surface area contributed by atoms with Crippen molar-refractivity contribution >= 4 is 11.6 Å². The largest absolute Gasteiger partial charge is 0.496 e. The molecule has 0 spiro atoms. The van der Waals surface area contributed by atoms with Crippen LogP contribution < -0.4 is 4.74 Å². The fraction of sp³-hybridized carbons (Fsp3) is 0.222. The lowest BCUT2D eigenvalue weighted by atomic mass is 9.98. The lowest BCUT2D eigenvalue weighted by molar-refractivity contribution is -0.130. The number of methoxy groups -OCH3 is 1. The first-order valence-corrected chi connectivity index (χ1v) is 7.26. The van der Waals surface area contributed by atoms with Crippen molar-refractivity contribution in [3.05, 3.63) is 65.7 Å². The van der Waals surface area contributed by atoms with Gasteiger partial charge in [-0.1, -0.05) is 42.5 Å². The van der Waals surface area contributed by atoms with Gasteiger partial charge in [-0.25, -0.2) is 5.01 Å². The van der Waals surface area contributed by atoms with E-state index in [2.05, 4.69) is 5.10 Å². The highest BCUT2D eigenvalue weighted by Gasteiger charge is 2.32. The Labute approximate surface area is 130 Å². The number of amides is 1. The van der Waals surface area contributed by atoms with Gasteiger partial charge in [-0.15, -0.1) is 0 Å². The van der Waals surface area contributed by atoms with Gasteiger partial charge in [0.25, 0.3) is 0 Å². The Morgan fingerprint density at radius 2 is 1.82 bits per heavy atom. The average Bonchev–Trinajstić information content (AvgIpc) is 3.01. The zero-order valence-electron chi connectivity index (χ0n) is 12.7. The molecule has 0 unspecified atom stereocenters. The van der Waals surface area contributed by atoms with Crippen LogP contribution in [0.3, 0.4) is 0 Å². The van der Waals surface area contributed by atoms with Gasteiger partial charge in [-0.2, -0.15) is 5.10 Å². The average molecular weight is 294 g/mol. The van der Waals surface area contributed by atoms with Crippen molar-refractivity contribution in [1.29, 1.82) is 0 Å². The number of benzene rings is 2. The standard InChI is InChI=1S/C18H18N2O2/c1-13(21)20-17(14-8-4-3-5-9-14)12-16(19-20)15-10-6-7-11-18(15)22-2/h3-11,17H,12H2,1-2H3/t17-/m0/s1. The zero-order valence-corrected chi connectivity index (χ0v) is 12.7. The number of rotatable bonds is 3. The van der Waals surface area contributed by atoms with Crippen molar-refractivity contribution < 1.29 is 9.53 Å². The molecule has 0 N–H and O–H groups in total. The lowest BCUT2D eigenvalue weighted by Crippen LogP contribution is -2.24. The molecule has 4 heteroatoms. The van der Waals surface area contributed by atoms with Crippen LogP contribution in [0.25, 0.3) is 0 Å². The topological polar surface area (TPSA) is 41.9 Å². The highest BCUT2D eigenvalue weighted by Crippen LogP contribution is 2.34. The summed E-state index contributed by atoms with van der Waals surface area (Å²) in [5, 5.41) is 6.11. The number of para-hydroxylation sites is 1. The van der Waals surface area contributed by atoms with E-state index in [-0.39, 0.29) is 11.9 Å². The Kier molecular flexibility index (Phi) is 3.92. The van der Waals surface area contributed by atoms with Gasteiger partial charge in [-0.05, 0) is 17.7 Å². The molecule has 22 heavy (non-hydrogen) atoms. The lowest BCUT2D eigenvalue weighted by Gasteiger charge is -2.20. The Morgan fingerprint density at radius 1 is 1.14 bits per heavy atom. The van der Waals surface area contributed by atoms with Gasteiger partial charge in [0.2, 0.25) is 5.91 Å². The van der Waals surface area contributed by atoms with Crippen LogP contribution in [0, 0.1) is 0 Å². The quantitative estimate of drug-likeness (QED) is 0.870.